The number of benzene rings is 1. The number of rotatable bonds is 4. The Balaban J connectivity index is 1.54. The molecule has 138 valence electrons. The lowest BCUT2D eigenvalue weighted by Crippen LogP contribution is -2.20. The second-order valence-corrected chi connectivity index (χ2v) is 8.39. The second-order valence-electron chi connectivity index (χ2n) is 6.30. The van der Waals surface area contributed by atoms with Crippen LogP contribution in [0.1, 0.15) is 16.4 Å². The Labute approximate surface area is 163 Å². The molecule has 1 N–H and O–H groups in total. The molecule has 0 spiro atoms. The van der Waals surface area contributed by atoms with Crippen molar-refractivity contribution in [3.05, 3.63) is 51.9 Å². The predicted octanol–water partition coefficient (Wildman–Crippen LogP) is 4.92. The van der Waals surface area contributed by atoms with Crippen molar-refractivity contribution in [1.82, 2.24) is 14.5 Å². The monoisotopic (exact) mass is 400 g/mol. The van der Waals surface area contributed by atoms with E-state index in [1.807, 2.05) is 30.7 Å². The highest BCUT2D eigenvalue weighted by Gasteiger charge is 2.16. The average Bonchev–Trinajstić information content (AvgIpc) is 3.28. The van der Waals surface area contributed by atoms with E-state index in [0.29, 0.717) is 15.3 Å². The number of carbonyl (C=O) groups is 1. The highest BCUT2D eigenvalue weighted by molar-refractivity contribution is 7.22. The maximum atomic E-state index is 13.3. The van der Waals surface area contributed by atoms with Gasteiger partial charge in [-0.2, -0.15) is 0 Å². The van der Waals surface area contributed by atoms with Crippen LogP contribution >= 0.6 is 22.7 Å². The van der Waals surface area contributed by atoms with Crippen LogP contribution in [0.2, 0.25) is 0 Å². The Morgan fingerprint density at radius 1 is 1.22 bits per heavy atom. The highest BCUT2D eigenvalue weighted by Crippen LogP contribution is 2.29. The molecular weight excluding hydrogens is 383 g/mol. The van der Waals surface area contributed by atoms with Gasteiger partial charge in [-0.05, 0) is 45.0 Å². The molecule has 1 aromatic carbocycles. The summed E-state index contributed by atoms with van der Waals surface area (Å²) in [6, 6.07) is 6.45. The van der Waals surface area contributed by atoms with Crippen LogP contribution in [0.4, 0.5) is 9.52 Å². The number of fused-ring (bicyclic) bond motifs is 1. The van der Waals surface area contributed by atoms with Crippen molar-refractivity contribution in [3.63, 3.8) is 0 Å². The molecule has 0 fully saturated rings. The van der Waals surface area contributed by atoms with Crippen molar-refractivity contribution in [1.29, 1.82) is 0 Å². The summed E-state index contributed by atoms with van der Waals surface area (Å²) in [5, 5.41) is 6.33. The highest BCUT2D eigenvalue weighted by atomic mass is 32.1. The van der Waals surface area contributed by atoms with E-state index in [1.54, 1.807) is 17.4 Å². The molecule has 4 aromatic rings. The van der Waals surface area contributed by atoms with Crippen LogP contribution in [0.3, 0.4) is 0 Å². The van der Waals surface area contributed by atoms with E-state index in [2.05, 4.69) is 21.4 Å². The van der Waals surface area contributed by atoms with Gasteiger partial charge in [0.15, 0.2) is 5.13 Å². The summed E-state index contributed by atoms with van der Waals surface area (Å²) in [5.74, 6) is -0.482. The molecule has 0 aliphatic heterocycles. The van der Waals surface area contributed by atoms with Crippen LogP contribution in [0.25, 0.3) is 21.5 Å². The Kier molecular flexibility index (Phi) is 4.53. The van der Waals surface area contributed by atoms with Crippen LogP contribution in [-0.2, 0) is 11.3 Å². The summed E-state index contributed by atoms with van der Waals surface area (Å²) in [6.45, 7) is 6.13. The van der Waals surface area contributed by atoms with E-state index in [9.17, 15) is 9.18 Å². The van der Waals surface area contributed by atoms with Gasteiger partial charge in [0.1, 0.15) is 12.4 Å². The first-order valence-electron chi connectivity index (χ1n) is 8.36. The normalized spacial score (nSPS) is 11.3. The standard InChI is InChI=1S/C19H17FN4OS2/c1-10-6-14(16-9-26-12(3)21-16)11(2)24(10)8-18(25)23-19-22-15-5-4-13(20)7-17(15)27-19/h4-7,9H,8H2,1-3H3,(H,22,23,25). The molecule has 3 aromatic heterocycles. The van der Waals surface area contributed by atoms with E-state index in [0.717, 1.165) is 27.7 Å². The number of aryl methyl sites for hydroxylation is 2. The van der Waals surface area contributed by atoms with E-state index in [4.69, 9.17) is 0 Å². The first kappa shape index (κ1) is 17.8. The molecular formula is C19H17FN4OS2. The molecule has 0 atom stereocenters. The van der Waals surface area contributed by atoms with Gasteiger partial charge >= 0.3 is 0 Å². The van der Waals surface area contributed by atoms with Gasteiger partial charge in [-0.25, -0.2) is 14.4 Å². The molecule has 4 rings (SSSR count). The maximum Gasteiger partial charge on any atom is 0.246 e. The Bertz CT molecular complexity index is 1160. The van der Waals surface area contributed by atoms with Gasteiger partial charge in [-0.15, -0.1) is 11.3 Å². The first-order valence-corrected chi connectivity index (χ1v) is 10.1. The number of nitrogens with zero attached hydrogens (tertiary/aromatic N) is 3. The van der Waals surface area contributed by atoms with Gasteiger partial charge in [-0.1, -0.05) is 11.3 Å². The molecule has 5 nitrogen and oxygen atoms in total. The predicted molar refractivity (Wildman–Crippen MR) is 108 cm³/mol. The van der Waals surface area contributed by atoms with Crippen LogP contribution in [0.5, 0.6) is 0 Å². The minimum absolute atomic E-state index is 0.169. The number of amides is 1. The summed E-state index contributed by atoms with van der Waals surface area (Å²) in [5.41, 5.74) is 4.64. The zero-order chi connectivity index (χ0) is 19.1. The van der Waals surface area contributed by atoms with Crippen LogP contribution in [0.15, 0.2) is 29.6 Å². The van der Waals surface area contributed by atoms with Crippen molar-refractivity contribution >= 4 is 43.9 Å². The van der Waals surface area contributed by atoms with Gasteiger partial charge < -0.3 is 9.88 Å². The number of halogens is 1. The Morgan fingerprint density at radius 3 is 2.78 bits per heavy atom. The third-order valence-corrected chi connectivity index (χ3v) is 6.07. The van der Waals surface area contributed by atoms with Crippen LogP contribution < -0.4 is 5.32 Å². The summed E-state index contributed by atoms with van der Waals surface area (Å²) >= 11 is 2.87. The molecule has 0 saturated heterocycles. The minimum Gasteiger partial charge on any atom is -0.339 e. The van der Waals surface area contributed by atoms with Gasteiger partial charge in [-0.3, -0.25) is 4.79 Å². The fourth-order valence-electron chi connectivity index (χ4n) is 3.05. The van der Waals surface area contributed by atoms with Gasteiger partial charge in [0, 0.05) is 22.3 Å². The third kappa shape index (κ3) is 3.50. The van der Waals surface area contributed by atoms with Crippen LogP contribution in [0, 0.1) is 26.6 Å². The lowest BCUT2D eigenvalue weighted by atomic mass is 10.2. The zero-order valence-corrected chi connectivity index (χ0v) is 16.7. The maximum absolute atomic E-state index is 13.3. The number of aromatic nitrogens is 3. The minimum atomic E-state index is -0.313. The molecule has 0 bridgehead atoms. The molecule has 0 unspecified atom stereocenters. The summed E-state index contributed by atoms with van der Waals surface area (Å²) < 4.78 is 16.0. The van der Waals surface area contributed by atoms with Crippen molar-refractivity contribution in [3.8, 4) is 11.3 Å². The zero-order valence-electron chi connectivity index (χ0n) is 15.0. The summed E-state index contributed by atoms with van der Waals surface area (Å²) in [6.07, 6.45) is 0. The van der Waals surface area contributed by atoms with Gasteiger partial charge in [0.2, 0.25) is 5.91 Å². The summed E-state index contributed by atoms with van der Waals surface area (Å²) in [7, 11) is 0. The number of anilines is 1. The van der Waals surface area contributed by atoms with Gasteiger partial charge in [0.25, 0.3) is 0 Å². The average molecular weight is 401 g/mol. The van der Waals surface area contributed by atoms with E-state index < -0.39 is 0 Å². The molecule has 27 heavy (non-hydrogen) atoms. The summed E-state index contributed by atoms with van der Waals surface area (Å²) in [4.78, 5) is 21.4. The van der Waals surface area contributed by atoms with Crippen molar-refractivity contribution < 1.29 is 9.18 Å². The largest absolute Gasteiger partial charge is 0.339 e. The molecule has 0 aliphatic rings. The number of hydrogen-bond donors (Lipinski definition) is 1. The third-order valence-electron chi connectivity index (χ3n) is 4.37. The molecule has 1 amide bonds. The Morgan fingerprint density at radius 2 is 2.04 bits per heavy atom. The number of thiazole rings is 2. The van der Waals surface area contributed by atoms with Gasteiger partial charge in [0.05, 0.1) is 20.9 Å². The van der Waals surface area contributed by atoms with E-state index >= 15 is 0 Å². The number of hydrogen-bond acceptors (Lipinski definition) is 5. The van der Waals surface area contributed by atoms with E-state index in [1.165, 1.54) is 23.5 Å². The lowest BCUT2D eigenvalue weighted by molar-refractivity contribution is -0.116. The van der Waals surface area contributed by atoms with E-state index in [-0.39, 0.29) is 18.3 Å². The molecule has 3 heterocycles. The fourth-order valence-corrected chi connectivity index (χ4v) is 4.57. The molecule has 0 radical (unpaired) electrons. The quantitative estimate of drug-likeness (QED) is 0.529. The fraction of sp³-hybridized carbons (Fsp3) is 0.211. The topological polar surface area (TPSA) is 59.8 Å². The molecule has 8 heteroatoms. The first-order chi connectivity index (χ1) is 12.9. The SMILES string of the molecule is Cc1nc(-c2cc(C)n(CC(=O)Nc3nc4ccc(F)cc4s3)c2C)cs1. The van der Waals surface area contributed by atoms with Crippen molar-refractivity contribution in [2.45, 2.75) is 27.3 Å². The molecule has 0 saturated carbocycles. The smallest absolute Gasteiger partial charge is 0.246 e. The lowest BCUT2D eigenvalue weighted by Gasteiger charge is -2.09. The van der Waals surface area contributed by atoms with Crippen molar-refractivity contribution in [2.24, 2.45) is 0 Å². The Hall–Kier alpha value is -2.58. The molecule has 0 aliphatic carbocycles. The number of carbonyl (C=O) groups excluding carboxylic acids is 1. The van der Waals surface area contributed by atoms with Crippen LogP contribution in [-0.4, -0.2) is 20.4 Å². The second kappa shape index (κ2) is 6.86. The van der Waals surface area contributed by atoms with Crippen molar-refractivity contribution in [2.75, 3.05) is 5.32 Å². The number of nitrogens with one attached hydrogen (secondary N) is 1.